The summed E-state index contributed by atoms with van der Waals surface area (Å²) in [7, 11) is 3.39. The van der Waals surface area contributed by atoms with E-state index in [4.69, 9.17) is 14.7 Å². The molecule has 0 unspecified atom stereocenters. The van der Waals surface area contributed by atoms with E-state index >= 15 is 0 Å². The number of para-hydroxylation sites is 2. The zero-order valence-electron chi connectivity index (χ0n) is 17.8. The van der Waals surface area contributed by atoms with Crippen molar-refractivity contribution < 1.29 is 9.53 Å². The van der Waals surface area contributed by atoms with Gasteiger partial charge in [0.05, 0.1) is 23.2 Å². The Bertz CT molecular complexity index is 1260. The van der Waals surface area contributed by atoms with Crippen molar-refractivity contribution >= 4 is 39.3 Å². The van der Waals surface area contributed by atoms with Crippen molar-refractivity contribution in [2.45, 2.75) is 0 Å². The molecule has 0 spiro atoms. The van der Waals surface area contributed by atoms with Crippen molar-refractivity contribution in [3.05, 3.63) is 48.2 Å². The van der Waals surface area contributed by atoms with Crippen LogP contribution >= 0.6 is 0 Å². The number of imidazole rings is 1. The monoisotopic (exact) mass is 418 g/mol. The minimum absolute atomic E-state index is 0.151. The first-order valence-corrected chi connectivity index (χ1v) is 10.6. The largest absolute Gasteiger partial charge is 0.383 e. The second-order valence-corrected chi connectivity index (χ2v) is 7.79. The minimum Gasteiger partial charge on any atom is -0.383 e. The minimum atomic E-state index is -0.151. The van der Waals surface area contributed by atoms with Crippen molar-refractivity contribution in [1.29, 1.82) is 0 Å². The Morgan fingerprint density at radius 3 is 2.71 bits per heavy atom. The Morgan fingerprint density at radius 1 is 1.13 bits per heavy atom. The number of methoxy groups -OCH3 is 1. The van der Waals surface area contributed by atoms with Crippen LogP contribution in [0.15, 0.2) is 42.6 Å². The molecule has 4 heterocycles. The van der Waals surface area contributed by atoms with Crippen molar-refractivity contribution in [2.24, 2.45) is 0 Å². The lowest BCUT2D eigenvalue weighted by atomic mass is 10.1. The first-order valence-electron chi connectivity index (χ1n) is 10.6. The summed E-state index contributed by atoms with van der Waals surface area (Å²) >= 11 is 0. The topological polar surface area (TPSA) is 75.0 Å². The van der Waals surface area contributed by atoms with Gasteiger partial charge in [-0.25, -0.2) is 9.97 Å². The van der Waals surface area contributed by atoms with Gasteiger partial charge < -0.3 is 15.0 Å². The molecule has 1 amide bonds. The molecule has 0 saturated carbocycles. The molecule has 8 nitrogen and oxygen atoms in total. The van der Waals surface area contributed by atoms with Crippen LogP contribution < -0.4 is 10.2 Å². The molecule has 1 aromatic carbocycles. The predicted molar refractivity (Wildman–Crippen MR) is 122 cm³/mol. The van der Waals surface area contributed by atoms with Crippen LogP contribution in [0.1, 0.15) is 10.4 Å². The fourth-order valence-corrected chi connectivity index (χ4v) is 4.41. The van der Waals surface area contributed by atoms with Crippen LogP contribution in [-0.2, 0) is 4.74 Å². The number of carbonyl (C=O) groups excluding carboxylic acids is 1. The maximum absolute atomic E-state index is 12.8. The van der Waals surface area contributed by atoms with Crippen LogP contribution in [0, 0.1) is 0 Å². The number of nitrogens with zero attached hydrogens (tertiary/aromatic N) is 5. The molecule has 1 N–H and O–H groups in total. The summed E-state index contributed by atoms with van der Waals surface area (Å²) in [5.41, 5.74) is 4.89. The van der Waals surface area contributed by atoms with Gasteiger partial charge in [-0.3, -0.25) is 14.1 Å². The van der Waals surface area contributed by atoms with E-state index in [2.05, 4.69) is 15.1 Å². The summed E-state index contributed by atoms with van der Waals surface area (Å²) in [6.07, 6.45) is 1.85. The first-order chi connectivity index (χ1) is 15.2. The lowest BCUT2D eigenvalue weighted by Gasteiger charge is -2.36. The smallest absolute Gasteiger partial charge is 0.254 e. The van der Waals surface area contributed by atoms with Crippen LogP contribution in [0.25, 0.3) is 27.7 Å². The maximum Gasteiger partial charge on any atom is 0.254 e. The van der Waals surface area contributed by atoms with Gasteiger partial charge in [-0.1, -0.05) is 12.1 Å². The molecule has 3 aromatic heterocycles. The molecule has 0 aliphatic carbocycles. The molecule has 0 radical (unpaired) electrons. The molecule has 1 saturated heterocycles. The van der Waals surface area contributed by atoms with Gasteiger partial charge in [0, 0.05) is 64.2 Å². The Labute approximate surface area is 180 Å². The number of ether oxygens (including phenoxy) is 1. The van der Waals surface area contributed by atoms with Gasteiger partial charge >= 0.3 is 0 Å². The molecule has 5 rings (SSSR count). The zero-order valence-corrected chi connectivity index (χ0v) is 17.8. The number of hydrogen-bond donors (Lipinski definition) is 1. The summed E-state index contributed by atoms with van der Waals surface area (Å²) in [5.74, 6) is -0.151. The quantitative estimate of drug-likeness (QED) is 0.535. The summed E-state index contributed by atoms with van der Waals surface area (Å²) < 4.78 is 7.23. The lowest BCUT2D eigenvalue weighted by Crippen LogP contribution is -2.47. The third kappa shape index (κ3) is 3.37. The van der Waals surface area contributed by atoms with E-state index in [1.807, 2.05) is 47.0 Å². The third-order valence-electron chi connectivity index (χ3n) is 6.04. The predicted octanol–water partition coefficient (Wildman–Crippen LogP) is 2.16. The number of piperazine rings is 1. The van der Waals surface area contributed by atoms with Gasteiger partial charge in [0.25, 0.3) is 5.91 Å². The summed E-state index contributed by atoms with van der Waals surface area (Å²) in [6.45, 7) is 5.49. The van der Waals surface area contributed by atoms with Crippen molar-refractivity contribution in [3.63, 3.8) is 0 Å². The Hall–Kier alpha value is -3.23. The van der Waals surface area contributed by atoms with Crippen LogP contribution in [0.4, 0.5) is 5.69 Å². The number of aromatic nitrogens is 3. The Balaban J connectivity index is 1.66. The molecule has 160 valence electrons. The van der Waals surface area contributed by atoms with E-state index < -0.39 is 0 Å². The number of benzene rings is 1. The SMILES string of the molecule is CNC(=O)c1cc2c(N3CCN(CCOC)CC3)ccnc2n2c1nc1ccccc12. The molecule has 1 aliphatic heterocycles. The third-order valence-corrected chi connectivity index (χ3v) is 6.04. The van der Waals surface area contributed by atoms with Crippen LogP contribution in [0.5, 0.6) is 0 Å². The Kier molecular flexibility index (Phi) is 5.17. The van der Waals surface area contributed by atoms with Gasteiger partial charge in [-0.05, 0) is 24.3 Å². The summed E-state index contributed by atoms with van der Waals surface area (Å²) in [4.78, 5) is 27.0. The standard InChI is InChI=1S/C23H26N6O2/c1-24-23(30)17-15-16-19(28-11-9-27(10-12-28)13-14-31-2)7-8-25-21(16)29-20-6-4-3-5-18(20)26-22(17)29/h3-8,15H,9-14H2,1-2H3,(H,24,30). The molecule has 4 aromatic rings. The van der Waals surface area contributed by atoms with Crippen LogP contribution in [0.3, 0.4) is 0 Å². The molecule has 0 atom stereocenters. The number of hydrogen-bond acceptors (Lipinski definition) is 6. The number of anilines is 1. The molecular weight excluding hydrogens is 392 g/mol. The number of rotatable bonds is 5. The van der Waals surface area contributed by atoms with Gasteiger partial charge in [0.2, 0.25) is 0 Å². The molecule has 31 heavy (non-hydrogen) atoms. The first kappa shape index (κ1) is 19.7. The highest BCUT2D eigenvalue weighted by molar-refractivity contribution is 6.07. The lowest BCUT2D eigenvalue weighted by molar-refractivity contribution is 0.0964. The zero-order chi connectivity index (χ0) is 21.4. The van der Waals surface area contributed by atoms with Gasteiger partial charge in [-0.2, -0.15) is 0 Å². The van der Waals surface area contributed by atoms with E-state index in [9.17, 15) is 4.79 Å². The summed E-state index contributed by atoms with van der Waals surface area (Å²) in [6, 6.07) is 11.9. The van der Waals surface area contributed by atoms with E-state index in [0.29, 0.717) is 11.2 Å². The number of fused-ring (bicyclic) bond motifs is 5. The second-order valence-electron chi connectivity index (χ2n) is 7.79. The number of pyridine rings is 2. The van der Waals surface area contributed by atoms with E-state index in [1.165, 1.54) is 0 Å². The van der Waals surface area contributed by atoms with E-state index in [0.717, 1.165) is 67.1 Å². The fourth-order valence-electron chi connectivity index (χ4n) is 4.41. The molecule has 8 heteroatoms. The van der Waals surface area contributed by atoms with Crippen molar-refractivity contribution in [1.82, 2.24) is 24.6 Å². The van der Waals surface area contributed by atoms with Gasteiger partial charge in [0.15, 0.2) is 5.65 Å². The van der Waals surface area contributed by atoms with Gasteiger partial charge in [-0.15, -0.1) is 0 Å². The normalized spacial score (nSPS) is 15.2. The summed E-state index contributed by atoms with van der Waals surface area (Å²) in [5, 5.41) is 3.72. The Morgan fingerprint density at radius 2 is 1.94 bits per heavy atom. The van der Waals surface area contributed by atoms with Crippen molar-refractivity contribution in [3.8, 4) is 0 Å². The highest BCUT2D eigenvalue weighted by Gasteiger charge is 2.22. The van der Waals surface area contributed by atoms with E-state index in [-0.39, 0.29) is 5.91 Å². The van der Waals surface area contributed by atoms with Gasteiger partial charge in [0.1, 0.15) is 5.65 Å². The molecular formula is C23H26N6O2. The average molecular weight is 419 g/mol. The highest BCUT2D eigenvalue weighted by atomic mass is 16.5. The fraction of sp³-hybridized carbons (Fsp3) is 0.348. The van der Waals surface area contributed by atoms with Crippen molar-refractivity contribution in [2.75, 3.05) is 58.4 Å². The maximum atomic E-state index is 12.8. The second kappa shape index (κ2) is 8.13. The number of carbonyl (C=O) groups is 1. The van der Waals surface area contributed by atoms with E-state index in [1.54, 1.807) is 14.2 Å². The molecule has 1 aliphatic rings. The van der Waals surface area contributed by atoms with Crippen LogP contribution in [-0.4, -0.2) is 78.7 Å². The molecule has 1 fully saturated rings. The highest BCUT2D eigenvalue weighted by Crippen LogP contribution is 2.31. The van der Waals surface area contributed by atoms with Crippen LogP contribution in [0.2, 0.25) is 0 Å². The average Bonchev–Trinajstić information content (AvgIpc) is 3.21. The number of amides is 1. The molecule has 0 bridgehead atoms. The number of nitrogens with one attached hydrogen (secondary N) is 1.